The summed E-state index contributed by atoms with van der Waals surface area (Å²) in [4.78, 5) is 11.1. The number of amides is 1. The van der Waals surface area contributed by atoms with Gasteiger partial charge in [0.15, 0.2) is 9.84 Å². The smallest absolute Gasteiger partial charge is 0.268 e. The molecule has 0 spiro atoms. The maximum atomic E-state index is 13.7. The molecule has 0 aromatic heterocycles. The Morgan fingerprint density at radius 3 is 2.37 bits per heavy atom. The van der Waals surface area contributed by atoms with Crippen molar-refractivity contribution in [1.82, 2.24) is 0 Å². The molecule has 1 aliphatic heterocycles. The summed E-state index contributed by atoms with van der Waals surface area (Å²) in [7, 11) is -6.71. The van der Waals surface area contributed by atoms with E-state index in [1.54, 1.807) is 18.2 Å². The number of methoxy groups -OCH3 is 1. The second kappa shape index (κ2) is 8.25. The van der Waals surface area contributed by atoms with Gasteiger partial charge < -0.3 is 15.2 Å². The second-order valence-electron chi connectivity index (χ2n) is 6.89. The molecule has 0 radical (unpaired) electrons. The third-order valence-electron chi connectivity index (χ3n) is 4.63. The van der Waals surface area contributed by atoms with Crippen molar-refractivity contribution in [2.45, 2.75) is 24.0 Å². The highest BCUT2D eigenvalue weighted by atomic mass is 32.2. The standard InChI is InChI=1S/C19H22N2O7S2/c1-13(22)20-14-8-9-18(28-2)19(10-14)30(26,27)21(15-6-4-3-5-7-15)16-11-29(24,25)12-17(16)23/h3-10,16-17,23H,11-12H2,1-2H3,(H,20,22)/t16-,17+/m1/s1. The maximum Gasteiger partial charge on any atom is 0.268 e. The second-order valence-corrected chi connectivity index (χ2v) is 10.8. The summed E-state index contributed by atoms with van der Waals surface area (Å²) in [6, 6.07) is 10.8. The average molecular weight is 455 g/mol. The molecule has 0 unspecified atom stereocenters. The highest BCUT2D eigenvalue weighted by molar-refractivity contribution is 7.93. The molecule has 11 heteroatoms. The predicted octanol–water partition coefficient (Wildman–Crippen LogP) is 1.01. The first-order valence-corrected chi connectivity index (χ1v) is 12.2. The molecule has 0 aliphatic carbocycles. The number of hydrogen-bond donors (Lipinski definition) is 2. The number of aliphatic hydroxyl groups excluding tert-OH is 1. The fourth-order valence-electron chi connectivity index (χ4n) is 3.38. The molecule has 2 aromatic carbocycles. The summed E-state index contributed by atoms with van der Waals surface area (Å²) >= 11 is 0. The Bertz CT molecular complexity index is 1150. The van der Waals surface area contributed by atoms with Gasteiger partial charge in [-0.25, -0.2) is 16.8 Å². The van der Waals surface area contributed by atoms with Crippen LogP contribution in [0.1, 0.15) is 6.92 Å². The van der Waals surface area contributed by atoms with Crippen LogP contribution in [0.4, 0.5) is 11.4 Å². The normalized spacial score (nSPS) is 20.5. The quantitative estimate of drug-likeness (QED) is 0.666. The van der Waals surface area contributed by atoms with E-state index in [-0.39, 0.29) is 27.9 Å². The van der Waals surface area contributed by atoms with Crippen molar-refractivity contribution in [2.24, 2.45) is 0 Å². The van der Waals surface area contributed by atoms with Gasteiger partial charge in [0, 0.05) is 12.6 Å². The molecule has 1 heterocycles. The van der Waals surface area contributed by atoms with Gasteiger partial charge in [-0.05, 0) is 30.3 Å². The Hall–Kier alpha value is -2.63. The van der Waals surface area contributed by atoms with Crippen molar-refractivity contribution in [3.05, 3.63) is 48.5 Å². The predicted molar refractivity (Wildman–Crippen MR) is 112 cm³/mol. The fraction of sp³-hybridized carbons (Fsp3) is 0.316. The molecule has 162 valence electrons. The third kappa shape index (κ3) is 4.42. The van der Waals surface area contributed by atoms with E-state index < -0.39 is 43.5 Å². The van der Waals surface area contributed by atoms with Gasteiger partial charge >= 0.3 is 0 Å². The highest BCUT2D eigenvalue weighted by Gasteiger charge is 2.45. The minimum absolute atomic E-state index is 0.0142. The largest absolute Gasteiger partial charge is 0.495 e. The van der Waals surface area contributed by atoms with Crippen LogP contribution in [0.3, 0.4) is 0 Å². The molecule has 3 rings (SSSR count). The number of benzene rings is 2. The van der Waals surface area contributed by atoms with Crippen LogP contribution in [0.5, 0.6) is 5.75 Å². The lowest BCUT2D eigenvalue weighted by molar-refractivity contribution is -0.114. The fourth-order valence-corrected chi connectivity index (χ4v) is 7.11. The van der Waals surface area contributed by atoms with Gasteiger partial charge in [0.25, 0.3) is 10.0 Å². The van der Waals surface area contributed by atoms with Crippen LogP contribution in [0.15, 0.2) is 53.4 Å². The van der Waals surface area contributed by atoms with Gasteiger partial charge in [0.2, 0.25) is 5.91 Å². The van der Waals surface area contributed by atoms with Gasteiger partial charge in [-0.2, -0.15) is 0 Å². The first kappa shape index (κ1) is 22.1. The molecule has 1 saturated heterocycles. The van der Waals surface area contributed by atoms with Crippen LogP contribution in [0, 0.1) is 0 Å². The minimum atomic E-state index is -4.39. The van der Waals surface area contributed by atoms with Crippen LogP contribution < -0.4 is 14.4 Å². The number of nitrogens with zero attached hydrogens (tertiary/aromatic N) is 1. The Morgan fingerprint density at radius 1 is 1.17 bits per heavy atom. The number of rotatable bonds is 6. The van der Waals surface area contributed by atoms with Gasteiger partial charge in [0.05, 0.1) is 36.4 Å². The van der Waals surface area contributed by atoms with Crippen LogP contribution >= 0.6 is 0 Å². The highest BCUT2D eigenvalue weighted by Crippen LogP contribution is 2.35. The Balaban J connectivity index is 2.19. The number of ether oxygens (including phenoxy) is 1. The van der Waals surface area contributed by atoms with Crippen LogP contribution in [0.25, 0.3) is 0 Å². The number of nitrogens with one attached hydrogen (secondary N) is 1. The first-order valence-electron chi connectivity index (χ1n) is 8.99. The minimum Gasteiger partial charge on any atom is -0.495 e. The summed E-state index contributed by atoms with van der Waals surface area (Å²) in [5.74, 6) is -1.42. The van der Waals surface area contributed by atoms with E-state index in [9.17, 15) is 26.7 Å². The summed E-state index contributed by atoms with van der Waals surface area (Å²) in [5, 5.41) is 12.9. The van der Waals surface area contributed by atoms with E-state index in [1.807, 2.05) is 0 Å². The molecule has 0 bridgehead atoms. The third-order valence-corrected chi connectivity index (χ3v) is 8.20. The summed E-state index contributed by atoms with van der Waals surface area (Å²) in [5.41, 5.74) is 0.431. The lowest BCUT2D eigenvalue weighted by atomic mass is 10.2. The lowest BCUT2D eigenvalue weighted by Gasteiger charge is -2.32. The van der Waals surface area contributed by atoms with Crippen LogP contribution in [0.2, 0.25) is 0 Å². The van der Waals surface area contributed by atoms with Gasteiger partial charge in [-0.3, -0.25) is 9.10 Å². The molecule has 1 amide bonds. The monoisotopic (exact) mass is 454 g/mol. The maximum absolute atomic E-state index is 13.7. The zero-order valence-corrected chi connectivity index (χ0v) is 18.0. The van der Waals surface area contributed by atoms with Crippen LogP contribution in [-0.2, 0) is 24.7 Å². The van der Waals surface area contributed by atoms with E-state index in [1.165, 1.54) is 44.4 Å². The molecule has 0 saturated carbocycles. The van der Waals surface area contributed by atoms with E-state index in [2.05, 4.69) is 5.32 Å². The number of anilines is 2. The van der Waals surface area contributed by atoms with Gasteiger partial charge in [-0.15, -0.1) is 0 Å². The number of aliphatic hydroxyl groups is 1. The molecule has 1 aliphatic rings. The van der Waals surface area contributed by atoms with Crippen molar-refractivity contribution in [1.29, 1.82) is 0 Å². The molecule has 9 nitrogen and oxygen atoms in total. The van der Waals surface area contributed by atoms with Gasteiger partial charge in [-0.1, -0.05) is 18.2 Å². The van der Waals surface area contributed by atoms with E-state index in [0.29, 0.717) is 0 Å². The Morgan fingerprint density at radius 2 is 1.83 bits per heavy atom. The van der Waals surface area contributed by atoms with Crippen molar-refractivity contribution in [2.75, 3.05) is 28.2 Å². The molecular weight excluding hydrogens is 432 g/mol. The molecule has 2 N–H and O–H groups in total. The van der Waals surface area contributed by atoms with E-state index in [4.69, 9.17) is 4.74 Å². The van der Waals surface area contributed by atoms with Gasteiger partial charge in [0.1, 0.15) is 10.6 Å². The average Bonchev–Trinajstić information content (AvgIpc) is 2.94. The number of para-hydroxylation sites is 1. The number of sulfone groups is 1. The summed E-state index contributed by atoms with van der Waals surface area (Å²) in [6.07, 6.45) is -1.39. The summed E-state index contributed by atoms with van der Waals surface area (Å²) in [6.45, 7) is 1.29. The molecular formula is C19H22N2O7S2. The van der Waals surface area contributed by atoms with E-state index in [0.717, 1.165) is 4.31 Å². The lowest BCUT2D eigenvalue weighted by Crippen LogP contribution is -2.47. The molecule has 1 fully saturated rings. The van der Waals surface area contributed by atoms with Crippen LogP contribution in [-0.4, -0.2) is 58.6 Å². The number of carbonyl (C=O) groups excluding carboxylic acids is 1. The Labute approximate surface area is 175 Å². The van der Waals surface area contributed by atoms with Crippen molar-refractivity contribution in [3.8, 4) is 5.75 Å². The zero-order chi connectivity index (χ0) is 22.1. The zero-order valence-electron chi connectivity index (χ0n) is 16.3. The molecule has 30 heavy (non-hydrogen) atoms. The number of sulfonamides is 1. The Kier molecular flexibility index (Phi) is 6.06. The van der Waals surface area contributed by atoms with Crippen molar-refractivity contribution < 1.29 is 31.5 Å². The topological polar surface area (TPSA) is 130 Å². The number of hydrogen-bond acceptors (Lipinski definition) is 7. The molecule has 2 atom stereocenters. The first-order chi connectivity index (χ1) is 14.0. The molecule has 2 aromatic rings. The van der Waals surface area contributed by atoms with E-state index >= 15 is 0 Å². The number of carbonyl (C=O) groups is 1. The van der Waals surface area contributed by atoms with Crippen molar-refractivity contribution in [3.63, 3.8) is 0 Å². The summed E-state index contributed by atoms with van der Waals surface area (Å²) < 4.78 is 57.8. The van der Waals surface area contributed by atoms with Crippen molar-refractivity contribution >= 4 is 37.1 Å². The SMILES string of the molecule is COc1ccc(NC(C)=O)cc1S(=O)(=O)N(c1ccccc1)[C@@H]1CS(=O)(=O)C[C@@H]1O.